The van der Waals surface area contributed by atoms with Gasteiger partial charge in [-0.15, -0.1) is 0 Å². The van der Waals surface area contributed by atoms with Gasteiger partial charge in [-0.1, -0.05) is 13.8 Å². The van der Waals surface area contributed by atoms with Crippen LogP contribution in [-0.2, 0) is 0 Å². The predicted molar refractivity (Wildman–Crippen MR) is 52.0 cm³/mol. The van der Waals surface area contributed by atoms with Gasteiger partial charge in [0, 0.05) is 12.6 Å². The minimum atomic E-state index is 0.551. The van der Waals surface area contributed by atoms with Crippen LogP contribution in [0.25, 0.3) is 0 Å². The molecule has 0 aliphatic heterocycles. The molecule has 0 radical (unpaired) electrons. The molecule has 0 bridgehead atoms. The van der Waals surface area contributed by atoms with Crippen LogP contribution >= 0.6 is 0 Å². The molecule has 0 aromatic heterocycles. The molecule has 0 heterocycles. The van der Waals surface area contributed by atoms with E-state index in [2.05, 4.69) is 24.2 Å². The second-order valence-corrected chi connectivity index (χ2v) is 3.68. The summed E-state index contributed by atoms with van der Waals surface area (Å²) in [6, 6.07) is 0.551. The van der Waals surface area contributed by atoms with Gasteiger partial charge in [-0.2, -0.15) is 0 Å². The molecule has 3 N–H and O–H groups in total. The molecule has 0 saturated heterocycles. The highest BCUT2D eigenvalue weighted by atomic mass is 15.1. The number of guanidine groups is 1. The monoisotopic (exact) mass is 169 g/mol. The third-order valence-corrected chi connectivity index (χ3v) is 2.82. The van der Waals surface area contributed by atoms with E-state index in [9.17, 15) is 0 Å². The number of rotatable bonds is 2. The Morgan fingerprint density at radius 3 is 2.67 bits per heavy atom. The van der Waals surface area contributed by atoms with Crippen LogP contribution in [0.2, 0.25) is 0 Å². The number of nitrogens with one attached hydrogen (secondary N) is 1. The van der Waals surface area contributed by atoms with Crippen molar-refractivity contribution in [1.29, 1.82) is 0 Å². The molecule has 3 atom stereocenters. The van der Waals surface area contributed by atoms with Crippen LogP contribution in [-0.4, -0.2) is 18.5 Å². The average Bonchev–Trinajstić information content (AvgIpc) is 2.04. The first-order chi connectivity index (χ1) is 5.65. The minimum Gasteiger partial charge on any atom is -0.370 e. The lowest BCUT2D eigenvalue weighted by Gasteiger charge is -2.41. The van der Waals surface area contributed by atoms with Gasteiger partial charge < -0.3 is 11.1 Å². The van der Waals surface area contributed by atoms with Crippen LogP contribution in [0.15, 0.2) is 4.99 Å². The SMILES string of the molecule is CCN=C(N)NC1CC(C)C1C. The second-order valence-electron chi connectivity index (χ2n) is 3.68. The Kier molecular flexibility index (Phi) is 2.95. The summed E-state index contributed by atoms with van der Waals surface area (Å²) in [6.45, 7) is 7.28. The molecule has 0 spiro atoms. The molecule has 12 heavy (non-hydrogen) atoms. The predicted octanol–water partition coefficient (Wildman–Crippen LogP) is 0.955. The number of hydrogen-bond acceptors (Lipinski definition) is 1. The van der Waals surface area contributed by atoms with Gasteiger partial charge in [-0.3, -0.25) is 4.99 Å². The topological polar surface area (TPSA) is 50.4 Å². The number of aliphatic imine (C=N–C) groups is 1. The Labute approximate surface area is 74.4 Å². The van der Waals surface area contributed by atoms with Crippen LogP contribution in [0, 0.1) is 11.8 Å². The molecule has 0 aromatic rings. The Balaban J connectivity index is 2.29. The fraction of sp³-hybridized carbons (Fsp3) is 0.889. The molecule has 1 fully saturated rings. The highest BCUT2D eigenvalue weighted by Crippen LogP contribution is 2.33. The summed E-state index contributed by atoms with van der Waals surface area (Å²) in [5, 5.41) is 3.23. The number of hydrogen-bond donors (Lipinski definition) is 2. The van der Waals surface area contributed by atoms with Gasteiger partial charge in [0.1, 0.15) is 0 Å². The number of nitrogens with zero attached hydrogens (tertiary/aromatic N) is 1. The summed E-state index contributed by atoms with van der Waals surface area (Å²) in [5.41, 5.74) is 5.64. The Bertz CT molecular complexity index is 177. The summed E-state index contributed by atoms with van der Waals surface area (Å²) >= 11 is 0. The second kappa shape index (κ2) is 3.78. The van der Waals surface area contributed by atoms with Gasteiger partial charge in [-0.05, 0) is 25.2 Å². The van der Waals surface area contributed by atoms with E-state index in [0.29, 0.717) is 12.0 Å². The molecule has 3 heteroatoms. The normalized spacial score (nSPS) is 35.9. The molecule has 70 valence electrons. The zero-order chi connectivity index (χ0) is 9.14. The molecule has 1 rings (SSSR count). The molecule has 1 aliphatic rings. The van der Waals surface area contributed by atoms with Gasteiger partial charge in [0.05, 0.1) is 0 Å². The lowest BCUT2D eigenvalue weighted by atomic mass is 9.71. The zero-order valence-corrected chi connectivity index (χ0v) is 8.17. The Morgan fingerprint density at radius 1 is 1.58 bits per heavy atom. The van der Waals surface area contributed by atoms with E-state index in [1.54, 1.807) is 0 Å². The van der Waals surface area contributed by atoms with Crippen LogP contribution in [0.4, 0.5) is 0 Å². The maximum atomic E-state index is 5.64. The molecule has 3 unspecified atom stereocenters. The summed E-state index contributed by atoms with van der Waals surface area (Å²) in [7, 11) is 0. The summed E-state index contributed by atoms with van der Waals surface area (Å²) in [4.78, 5) is 4.09. The van der Waals surface area contributed by atoms with Crippen molar-refractivity contribution < 1.29 is 0 Å². The van der Waals surface area contributed by atoms with Gasteiger partial charge in [-0.25, -0.2) is 0 Å². The zero-order valence-electron chi connectivity index (χ0n) is 8.17. The fourth-order valence-electron chi connectivity index (χ4n) is 1.63. The van der Waals surface area contributed by atoms with Gasteiger partial charge >= 0.3 is 0 Å². The van der Waals surface area contributed by atoms with Gasteiger partial charge in [0.2, 0.25) is 0 Å². The smallest absolute Gasteiger partial charge is 0.188 e. The van der Waals surface area contributed by atoms with Crippen molar-refractivity contribution >= 4 is 5.96 Å². The Hall–Kier alpha value is -0.730. The molecular formula is C9H19N3. The lowest BCUT2D eigenvalue weighted by molar-refractivity contribution is 0.155. The van der Waals surface area contributed by atoms with Crippen molar-refractivity contribution in [2.24, 2.45) is 22.6 Å². The van der Waals surface area contributed by atoms with Crippen molar-refractivity contribution in [1.82, 2.24) is 5.32 Å². The molecule has 0 amide bonds. The highest BCUT2D eigenvalue weighted by Gasteiger charge is 2.34. The maximum absolute atomic E-state index is 5.64. The number of nitrogens with two attached hydrogens (primary N) is 1. The van der Waals surface area contributed by atoms with E-state index in [4.69, 9.17) is 5.73 Å². The van der Waals surface area contributed by atoms with Crippen molar-refractivity contribution in [2.45, 2.75) is 33.2 Å². The maximum Gasteiger partial charge on any atom is 0.188 e. The fourth-order valence-corrected chi connectivity index (χ4v) is 1.63. The van der Waals surface area contributed by atoms with Crippen LogP contribution in [0.5, 0.6) is 0 Å². The van der Waals surface area contributed by atoms with Crippen molar-refractivity contribution in [3.05, 3.63) is 0 Å². The third-order valence-electron chi connectivity index (χ3n) is 2.82. The molecular weight excluding hydrogens is 150 g/mol. The van der Waals surface area contributed by atoms with E-state index in [1.807, 2.05) is 6.92 Å². The van der Waals surface area contributed by atoms with E-state index in [1.165, 1.54) is 6.42 Å². The first-order valence-corrected chi connectivity index (χ1v) is 4.71. The van der Waals surface area contributed by atoms with Crippen LogP contribution in [0.3, 0.4) is 0 Å². The average molecular weight is 169 g/mol. The largest absolute Gasteiger partial charge is 0.370 e. The van der Waals surface area contributed by atoms with Crippen LogP contribution < -0.4 is 11.1 Å². The van der Waals surface area contributed by atoms with Gasteiger partial charge in [0.15, 0.2) is 5.96 Å². The Morgan fingerprint density at radius 2 is 2.25 bits per heavy atom. The lowest BCUT2D eigenvalue weighted by Crippen LogP contribution is -2.52. The summed E-state index contributed by atoms with van der Waals surface area (Å²) in [5.74, 6) is 2.16. The third kappa shape index (κ3) is 1.90. The van der Waals surface area contributed by atoms with E-state index in [0.717, 1.165) is 18.4 Å². The molecule has 1 saturated carbocycles. The van der Waals surface area contributed by atoms with E-state index >= 15 is 0 Å². The highest BCUT2D eigenvalue weighted by molar-refractivity contribution is 5.78. The molecule has 0 aromatic carbocycles. The first kappa shape index (κ1) is 9.36. The van der Waals surface area contributed by atoms with Crippen molar-refractivity contribution in [2.75, 3.05) is 6.54 Å². The van der Waals surface area contributed by atoms with E-state index < -0.39 is 0 Å². The molecule has 3 nitrogen and oxygen atoms in total. The standard InChI is InChI=1S/C9H19N3/c1-4-11-9(10)12-8-5-6(2)7(8)3/h6-8H,4-5H2,1-3H3,(H3,10,11,12). The van der Waals surface area contributed by atoms with Crippen LogP contribution in [0.1, 0.15) is 27.2 Å². The quantitative estimate of drug-likeness (QED) is 0.478. The summed E-state index contributed by atoms with van der Waals surface area (Å²) in [6.07, 6.45) is 1.22. The molecule has 1 aliphatic carbocycles. The minimum absolute atomic E-state index is 0.551. The van der Waals surface area contributed by atoms with Crippen molar-refractivity contribution in [3.63, 3.8) is 0 Å². The summed E-state index contributed by atoms with van der Waals surface area (Å²) < 4.78 is 0. The first-order valence-electron chi connectivity index (χ1n) is 4.71. The van der Waals surface area contributed by atoms with E-state index in [-0.39, 0.29) is 0 Å². The van der Waals surface area contributed by atoms with Gasteiger partial charge in [0.25, 0.3) is 0 Å². The van der Waals surface area contributed by atoms with Crippen molar-refractivity contribution in [3.8, 4) is 0 Å².